The number of rotatable bonds is 5. The Kier molecular flexibility index (Phi) is 10.1. The van der Waals surface area contributed by atoms with E-state index < -0.39 is 66.1 Å². The van der Waals surface area contributed by atoms with Gasteiger partial charge in [0.25, 0.3) is 0 Å². The van der Waals surface area contributed by atoms with Gasteiger partial charge in [-0.3, -0.25) is 14.9 Å². The fourth-order valence-corrected chi connectivity index (χ4v) is 6.19. The van der Waals surface area contributed by atoms with Gasteiger partial charge in [-0.2, -0.15) is 0 Å². The lowest BCUT2D eigenvalue weighted by Gasteiger charge is -2.42. The van der Waals surface area contributed by atoms with E-state index in [0.29, 0.717) is 24.1 Å². The summed E-state index contributed by atoms with van der Waals surface area (Å²) < 4.78 is 28.3. The minimum absolute atomic E-state index is 0.0389. The predicted octanol–water partition coefficient (Wildman–Crippen LogP) is 3.26. The Morgan fingerprint density at radius 3 is 2.68 bits per heavy atom. The van der Waals surface area contributed by atoms with Crippen molar-refractivity contribution < 1.29 is 48.0 Å². The van der Waals surface area contributed by atoms with Gasteiger partial charge in [0.2, 0.25) is 5.91 Å². The van der Waals surface area contributed by atoms with Crippen molar-refractivity contribution in [3.63, 3.8) is 0 Å². The number of ether oxygens (including phenoxy) is 5. The third kappa shape index (κ3) is 6.93. The molecule has 7 unspecified atom stereocenters. The zero-order valence-electron chi connectivity index (χ0n) is 25.6. The minimum Gasteiger partial charge on any atom is -0.495 e. The first-order valence-corrected chi connectivity index (χ1v) is 14.7. The average Bonchev–Trinajstić information content (AvgIpc) is 3.66. The Morgan fingerprint density at radius 2 is 2.02 bits per heavy atom. The topological polar surface area (TPSA) is 153 Å². The van der Waals surface area contributed by atoms with Crippen LogP contribution >= 0.6 is 11.6 Å². The van der Waals surface area contributed by atoms with Gasteiger partial charge >= 0.3 is 12.1 Å². The van der Waals surface area contributed by atoms with E-state index in [1.54, 1.807) is 45.2 Å². The molecule has 3 aliphatic heterocycles. The average molecular weight is 635 g/mol. The predicted molar refractivity (Wildman–Crippen MR) is 159 cm³/mol. The summed E-state index contributed by atoms with van der Waals surface area (Å²) in [7, 11) is 4.46. The molecule has 2 fully saturated rings. The molecular formula is C31H39ClN2O10. The number of carbonyl (C=O) groups is 4. The molecule has 2 N–H and O–H groups in total. The SMILES string of the molecule is COc1cc2cc(c1Cl)N(C)C(=O)CC(OC(=O)CC=O)C1(C)OC1C(C)C1CC(O)(NC(=O)O1)C(OC)/C=C/C=C(\C)C2. The number of amides is 2. The van der Waals surface area contributed by atoms with Crippen molar-refractivity contribution in [1.82, 2.24) is 5.32 Å². The summed E-state index contributed by atoms with van der Waals surface area (Å²) >= 11 is 6.64. The second kappa shape index (κ2) is 13.3. The number of carbonyl (C=O) groups excluding carboxylic acids is 4. The van der Waals surface area contributed by atoms with Crippen molar-refractivity contribution in [1.29, 1.82) is 0 Å². The molecular weight excluding hydrogens is 596 g/mol. The van der Waals surface area contributed by atoms with Gasteiger partial charge in [-0.05, 0) is 38.0 Å². The van der Waals surface area contributed by atoms with Gasteiger partial charge in [0.15, 0.2) is 5.72 Å². The fourth-order valence-electron chi connectivity index (χ4n) is 5.88. The number of methoxy groups -OCH3 is 2. The normalized spacial score (nSPS) is 34.4. The van der Waals surface area contributed by atoms with Crippen LogP contribution in [0.2, 0.25) is 5.02 Å². The largest absolute Gasteiger partial charge is 0.495 e. The fraction of sp³-hybridized carbons (Fsp3) is 0.548. The molecule has 2 saturated heterocycles. The molecule has 44 heavy (non-hydrogen) atoms. The van der Waals surface area contributed by atoms with Crippen LogP contribution in [0.5, 0.6) is 5.75 Å². The Hall–Kier alpha value is -3.45. The van der Waals surface area contributed by atoms with Gasteiger partial charge in [0.05, 0.1) is 25.3 Å². The first kappa shape index (κ1) is 33.4. The molecule has 12 nitrogen and oxygen atoms in total. The van der Waals surface area contributed by atoms with Crippen molar-refractivity contribution in [3.05, 3.63) is 46.5 Å². The number of allylic oxidation sites excluding steroid dienone is 3. The molecule has 240 valence electrons. The van der Waals surface area contributed by atoms with Crippen LogP contribution < -0.4 is 15.0 Å². The van der Waals surface area contributed by atoms with Crippen molar-refractivity contribution in [3.8, 4) is 5.75 Å². The summed E-state index contributed by atoms with van der Waals surface area (Å²) in [4.78, 5) is 51.2. The van der Waals surface area contributed by atoms with Crippen molar-refractivity contribution in [2.75, 3.05) is 26.2 Å². The van der Waals surface area contributed by atoms with Crippen LogP contribution in [0.1, 0.15) is 45.6 Å². The molecule has 0 radical (unpaired) electrons. The number of benzene rings is 1. The third-order valence-electron chi connectivity index (χ3n) is 8.47. The van der Waals surface area contributed by atoms with E-state index in [2.05, 4.69) is 5.32 Å². The van der Waals surface area contributed by atoms with Crippen molar-refractivity contribution >= 4 is 41.5 Å². The second-order valence-electron chi connectivity index (χ2n) is 11.6. The monoisotopic (exact) mass is 634 g/mol. The Balaban J connectivity index is 1.79. The number of alkyl carbamates (subject to hydrolysis) is 1. The first-order chi connectivity index (χ1) is 20.8. The summed E-state index contributed by atoms with van der Waals surface area (Å²) in [6.45, 7) is 5.38. The zero-order chi connectivity index (χ0) is 32.4. The Morgan fingerprint density at radius 1 is 1.30 bits per heavy atom. The second-order valence-corrected chi connectivity index (χ2v) is 12.0. The third-order valence-corrected chi connectivity index (χ3v) is 8.85. The molecule has 0 spiro atoms. The van der Waals surface area contributed by atoms with E-state index in [1.165, 1.54) is 19.1 Å². The number of halogens is 1. The molecule has 7 atom stereocenters. The van der Waals surface area contributed by atoms with Crippen LogP contribution in [-0.2, 0) is 39.8 Å². The van der Waals surface area contributed by atoms with Gasteiger partial charge in [-0.25, -0.2) is 4.79 Å². The highest BCUT2D eigenvalue weighted by Crippen LogP contribution is 2.49. The van der Waals surface area contributed by atoms with Crippen molar-refractivity contribution in [2.45, 2.75) is 82.2 Å². The standard InChI is InChI=1S/C31H39ClN2O10/c1-17-8-7-9-23(41-6)31(39)16-22(42-29(38)33-31)18(2)28-30(3,44-28)24(43-26(37)10-11-35)15-25(36)34(4)20-13-19(12-17)14-21(40-5)27(20)32/h7-9,11,13-14,18,22-24,28,39H,10,12,15-16H2,1-6H3,(H,33,38)/b9-7+,17-8+. The van der Waals surface area contributed by atoms with Gasteiger partial charge in [-0.15, -0.1) is 0 Å². The Bertz CT molecular complexity index is 1360. The van der Waals surface area contributed by atoms with Crippen LogP contribution in [0.3, 0.4) is 0 Å². The molecule has 13 heteroatoms. The number of aldehydes is 1. The minimum atomic E-state index is -1.80. The number of epoxide rings is 1. The molecule has 0 aromatic heterocycles. The number of nitrogens with one attached hydrogen (secondary N) is 1. The highest BCUT2D eigenvalue weighted by Gasteiger charge is 2.64. The Labute approximate surface area is 261 Å². The van der Waals surface area contributed by atoms with Gasteiger partial charge in [0.1, 0.15) is 47.4 Å². The summed E-state index contributed by atoms with van der Waals surface area (Å²) in [6.07, 6.45) is 0.978. The first-order valence-electron chi connectivity index (χ1n) is 14.3. The lowest BCUT2D eigenvalue weighted by atomic mass is 9.83. The van der Waals surface area contributed by atoms with E-state index in [1.807, 2.05) is 13.0 Å². The lowest BCUT2D eigenvalue weighted by molar-refractivity contribution is -0.154. The molecule has 0 saturated carbocycles. The molecule has 3 heterocycles. The summed E-state index contributed by atoms with van der Waals surface area (Å²) in [5.74, 6) is -1.38. The molecule has 2 amide bonds. The lowest BCUT2D eigenvalue weighted by Crippen LogP contribution is -2.63. The zero-order valence-corrected chi connectivity index (χ0v) is 26.4. The highest BCUT2D eigenvalue weighted by atomic mass is 35.5. The van der Waals surface area contributed by atoms with E-state index >= 15 is 0 Å². The van der Waals surface area contributed by atoms with Crippen LogP contribution in [-0.4, -0.2) is 86.4 Å². The molecule has 1 aromatic carbocycles. The quantitative estimate of drug-likeness (QED) is 0.214. The van der Waals surface area contributed by atoms with Gasteiger partial charge in [0, 0.05) is 26.5 Å². The van der Waals surface area contributed by atoms with Crippen LogP contribution in [0.25, 0.3) is 0 Å². The maximum atomic E-state index is 13.7. The van der Waals surface area contributed by atoms with Crippen LogP contribution in [0, 0.1) is 5.92 Å². The van der Waals surface area contributed by atoms with Gasteiger partial charge in [-0.1, -0.05) is 42.3 Å². The van der Waals surface area contributed by atoms with Gasteiger partial charge < -0.3 is 38.5 Å². The van der Waals surface area contributed by atoms with E-state index in [-0.39, 0.29) is 17.9 Å². The molecule has 4 rings (SSSR count). The number of nitrogens with zero attached hydrogens (tertiary/aromatic N) is 1. The summed E-state index contributed by atoms with van der Waals surface area (Å²) in [5.41, 5.74) is -0.839. The number of anilines is 1. The number of hydrogen-bond donors (Lipinski definition) is 2. The smallest absolute Gasteiger partial charge is 0.409 e. The molecule has 1 aromatic rings. The maximum Gasteiger partial charge on any atom is 0.409 e. The molecule has 4 bridgehead atoms. The molecule has 0 aliphatic carbocycles. The summed E-state index contributed by atoms with van der Waals surface area (Å²) in [6, 6.07) is 3.56. The maximum absolute atomic E-state index is 13.7. The molecule has 3 aliphatic rings. The number of esters is 1. The van der Waals surface area contributed by atoms with E-state index in [4.69, 9.17) is 35.3 Å². The van der Waals surface area contributed by atoms with Crippen LogP contribution in [0.15, 0.2) is 35.9 Å². The van der Waals surface area contributed by atoms with E-state index in [9.17, 15) is 24.3 Å². The number of aliphatic hydroxyl groups is 1. The van der Waals surface area contributed by atoms with Crippen LogP contribution in [0.4, 0.5) is 10.5 Å². The highest BCUT2D eigenvalue weighted by molar-refractivity contribution is 6.35. The number of hydrogen-bond acceptors (Lipinski definition) is 10. The van der Waals surface area contributed by atoms with E-state index in [0.717, 1.165) is 11.1 Å². The summed E-state index contributed by atoms with van der Waals surface area (Å²) in [5, 5.41) is 14.3. The number of fused-ring (bicyclic) bond motifs is 5. The van der Waals surface area contributed by atoms with Crippen molar-refractivity contribution in [2.24, 2.45) is 5.92 Å².